The van der Waals surface area contributed by atoms with E-state index in [0.29, 0.717) is 18.1 Å². The summed E-state index contributed by atoms with van der Waals surface area (Å²) >= 11 is 0. The second-order valence-corrected chi connectivity index (χ2v) is 7.11. The van der Waals surface area contributed by atoms with Crippen LogP contribution in [-0.2, 0) is 17.8 Å². The van der Waals surface area contributed by atoms with Gasteiger partial charge in [-0.1, -0.05) is 23.2 Å². The number of hydrogen-bond donors (Lipinski definition) is 1. The van der Waals surface area contributed by atoms with E-state index in [1.54, 1.807) is 19.3 Å². The molecule has 1 saturated heterocycles. The largest absolute Gasteiger partial charge is 0.385 e. The van der Waals surface area contributed by atoms with Crippen molar-refractivity contribution in [3.8, 4) is 11.8 Å². The predicted octanol–water partition coefficient (Wildman–Crippen LogP) is 2.20. The summed E-state index contributed by atoms with van der Waals surface area (Å²) in [7, 11) is 0. The Bertz CT molecular complexity index is 989. The fourth-order valence-corrected chi connectivity index (χ4v) is 3.29. The van der Waals surface area contributed by atoms with E-state index in [4.69, 9.17) is 9.26 Å². The van der Waals surface area contributed by atoms with Gasteiger partial charge in [0.1, 0.15) is 17.6 Å². The maximum Gasteiger partial charge on any atom is 0.210 e. The average Bonchev–Trinajstić information content (AvgIpc) is 3.38. The van der Waals surface area contributed by atoms with Gasteiger partial charge in [-0.05, 0) is 30.5 Å². The van der Waals surface area contributed by atoms with Crippen molar-refractivity contribution in [2.75, 3.05) is 26.3 Å². The molecule has 4 rings (SSSR count). The predicted molar refractivity (Wildman–Crippen MR) is 107 cm³/mol. The van der Waals surface area contributed by atoms with Gasteiger partial charge in [-0.15, -0.1) is 0 Å². The molecule has 7 heteroatoms. The van der Waals surface area contributed by atoms with Crippen molar-refractivity contribution in [1.82, 2.24) is 19.6 Å². The Morgan fingerprint density at radius 2 is 1.93 bits per heavy atom. The quantitative estimate of drug-likeness (QED) is 0.671. The molecular formula is C22H24N4O3. The molecule has 2 aromatic heterocycles. The van der Waals surface area contributed by atoms with Crippen molar-refractivity contribution in [2.24, 2.45) is 0 Å². The number of aliphatic hydroxyl groups excluding tert-OH is 1. The van der Waals surface area contributed by atoms with Crippen LogP contribution in [-0.4, -0.2) is 51.0 Å². The molecule has 1 aliphatic heterocycles. The zero-order valence-electron chi connectivity index (χ0n) is 16.4. The summed E-state index contributed by atoms with van der Waals surface area (Å²) in [6, 6.07) is 10.1. The van der Waals surface area contributed by atoms with E-state index in [-0.39, 0.29) is 0 Å². The Balaban J connectivity index is 1.37. The number of aliphatic hydroxyl groups is 1. The minimum Gasteiger partial charge on any atom is -0.385 e. The van der Waals surface area contributed by atoms with Gasteiger partial charge in [0.2, 0.25) is 5.76 Å². The van der Waals surface area contributed by atoms with Gasteiger partial charge in [0.25, 0.3) is 0 Å². The van der Waals surface area contributed by atoms with Crippen LogP contribution in [0.4, 0.5) is 0 Å². The molecule has 1 N–H and O–H groups in total. The number of rotatable bonds is 5. The van der Waals surface area contributed by atoms with E-state index in [9.17, 15) is 5.11 Å². The molecule has 1 aromatic carbocycles. The van der Waals surface area contributed by atoms with Crippen LogP contribution in [0.5, 0.6) is 0 Å². The Morgan fingerprint density at radius 3 is 2.69 bits per heavy atom. The van der Waals surface area contributed by atoms with E-state index in [1.165, 1.54) is 5.56 Å². The van der Waals surface area contributed by atoms with Crippen LogP contribution in [0.1, 0.15) is 41.4 Å². The maximum atomic E-state index is 9.74. The lowest BCUT2D eigenvalue weighted by atomic mass is 10.1. The van der Waals surface area contributed by atoms with Crippen LogP contribution in [0.2, 0.25) is 0 Å². The van der Waals surface area contributed by atoms with Crippen molar-refractivity contribution in [3.05, 3.63) is 71.1 Å². The second-order valence-electron chi connectivity index (χ2n) is 7.11. The summed E-state index contributed by atoms with van der Waals surface area (Å²) in [5, 5.41) is 13.8. The zero-order valence-corrected chi connectivity index (χ0v) is 16.4. The normalized spacial score (nSPS) is 15.7. The first kappa shape index (κ1) is 19.4. The molecule has 0 amide bonds. The lowest BCUT2D eigenvalue weighted by molar-refractivity contribution is 0.0342. The summed E-state index contributed by atoms with van der Waals surface area (Å²) in [4.78, 5) is 6.55. The Hall–Kier alpha value is -2.92. The number of hydrogen-bond acceptors (Lipinski definition) is 6. The Kier molecular flexibility index (Phi) is 6.06. The highest BCUT2D eigenvalue weighted by Gasteiger charge is 2.11. The first-order valence-corrected chi connectivity index (χ1v) is 9.73. The molecule has 3 aromatic rings. The van der Waals surface area contributed by atoms with Crippen molar-refractivity contribution >= 4 is 0 Å². The van der Waals surface area contributed by atoms with E-state index in [0.717, 1.165) is 44.1 Å². The first-order valence-electron chi connectivity index (χ1n) is 9.73. The van der Waals surface area contributed by atoms with Crippen LogP contribution in [0.15, 0.2) is 47.2 Å². The van der Waals surface area contributed by atoms with Gasteiger partial charge in [-0.3, -0.25) is 4.90 Å². The average molecular weight is 392 g/mol. The minimum absolute atomic E-state index is 0.474. The third kappa shape index (κ3) is 5.12. The van der Waals surface area contributed by atoms with Gasteiger partial charge in [-0.2, -0.15) is 0 Å². The molecule has 0 spiro atoms. The molecule has 150 valence electrons. The second kappa shape index (κ2) is 9.05. The van der Waals surface area contributed by atoms with Gasteiger partial charge in [0.15, 0.2) is 0 Å². The van der Waals surface area contributed by atoms with E-state index >= 15 is 0 Å². The molecule has 7 nitrogen and oxygen atoms in total. The van der Waals surface area contributed by atoms with Crippen LogP contribution in [0, 0.1) is 11.8 Å². The number of morpholine rings is 1. The number of imidazole rings is 1. The highest BCUT2D eigenvalue weighted by molar-refractivity contribution is 5.40. The van der Waals surface area contributed by atoms with Crippen LogP contribution in [0.25, 0.3) is 0 Å². The molecular weight excluding hydrogens is 368 g/mol. The summed E-state index contributed by atoms with van der Waals surface area (Å²) in [6.07, 6.45) is 2.83. The molecule has 29 heavy (non-hydrogen) atoms. The zero-order chi connectivity index (χ0) is 20.1. The van der Waals surface area contributed by atoms with E-state index in [2.05, 4.69) is 39.0 Å². The third-order valence-electron chi connectivity index (χ3n) is 4.81. The third-order valence-corrected chi connectivity index (χ3v) is 4.81. The van der Waals surface area contributed by atoms with E-state index < -0.39 is 6.10 Å². The number of benzene rings is 1. The standard InChI is InChI=1S/C22H24N4O3/c1-17(27)22-23-8-9-26(22)16-20-14-21(29-24-20)7-6-18-2-4-19(5-3-18)15-25-10-12-28-13-11-25/h2-5,8-9,14,17,27H,10-13,15-16H2,1H3. The summed E-state index contributed by atoms with van der Waals surface area (Å²) in [6.45, 7) is 6.67. The molecule has 1 atom stereocenters. The monoisotopic (exact) mass is 392 g/mol. The van der Waals surface area contributed by atoms with Crippen molar-refractivity contribution in [3.63, 3.8) is 0 Å². The van der Waals surface area contributed by atoms with Crippen molar-refractivity contribution in [2.45, 2.75) is 26.1 Å². The summed E-state index contributed by atoms with van der Waals surface area (Å²) < 4.78 is 12.5. The SMILES string of the molecule is CC(O)c1nccn1Cc1cc(C#Cc2ccc(CN3CCOCC3)cc2)on1. The van der Waals surface area contributed by atoms with Gasteiger partial charge in [-0.25, -0.2) is 4.98 Å². The van der Waals surface area contributed by atoms with E-state index in [1.807, 2.05) is 22.8 Å². The molecule has 0 aliphatic carbocycles. The lowest BCUT2D eigenvalue weighted by Gasteiger charge is -2.26. The molecule has 1 aliphatic rings. The molecule has 1 unspecified atom stereocenters. The van der Waals surface area contributed by atoms with Crippen molar-refractivity contribution in [1.29, 1.82) is 0 Å². The number of aromatic nitrogens is 3. The summed E-state index contributed by atoms with van der Waals surface area (Å²) in [5.41, 5.74) is 2.93. The highest BCUT2D eigenvalue weighted by Crippen LogP contribution is 2.13. The fraction of sp³-hybridized carbons (Fsp3) is 0.364. The lowest BCUT2D eigenvalue weighted by Crippen LogP contribution is -2.35. The molecule has 0 saturated carbocycles. The maximum absolute atomic E-state index is 9.74. The van der Waals surface area contributed by atoms with Crippen LogP contribution in [0.3, 0.4) is 0 Å². The highest BCUT2D eigenvalue weighted by atomic mass is 16.5. The van der Waals surface area contributed by atoms with Crippen LogP contribution < -0.4 is 0 Å². The molecule has 0 radical (unpaired) electrons. The smallest absolute Gasteiger partial charge is 0.210 e. The van der Waals surface area contributed by atoms with Gasteiger partial charge >= 0.3 is 0 Å². The topological polar surface area (TPSA) is 76.6 Å². The van der Waals surface area contributed by atoms with Crippen LogP contribution >= 0.6 is 0 Å². The summed E-state index contributed by atoms with van der Waals surface area (Å²) in [5.74, 6) is 7.24. The van der Waals surface area contributed by atoms with Gasteiger partial charge < -0.3 is 18.9 Å². The number of nitrogens with zero attached hydrogens (tertiary/aromatic N) is 4. The first-order chi connectivity index (χ1) is 14.2. The fourth-order valence-electron chi connectivity index (χ4n) is 3.29. The number of ether oxygens (including phenoxy) is 1. The molecule has 0 bridgehead atoms. The van der Waals surface area contributed by atoms with Gasteiger partial charge in [0, 0.05) is 43.7 Å². The minimum atomic E-state index is -0.637. The Morgan fingerprint density at radius 1 is 1.14 bits per heavy atom. The van der Waals surface area contributed by atoms with Crippen molar-refractivity contribution < 1.29 is 14.4 Å². The molecule has 3 heterocycles. The Labute approximate surface area is 169 Å². The van der Waals surface area contributed by atoms with Gasteiger partial charge in [0.05, 0.1) is 19.8 Å². The molecule has 1 fully saturated rings.